The summed E-state index contributed by atoms with van der Waals surface area (Å²) >= 11 is 0. The Kier molecular flexibility index (Phi) is 3.40. The number of allylic oxidation sites excluding steroid dienone is 1. The summed E-state index contributed by atoms with van der Waals surface area (Å²) in [7, 11) is 0. The van der Waals surface area contributed by atoms with Crippen molar-refractivity contribution in [2.24, 2.45) is 11.0 Å². The molecule has 1 atom stereocenters. The fourth-order valence-corrected chi connectivity index (χ4v) is 1.79. The molecule has 5 nitrogen and oxygen atoms in total. The van der Waals surface area contributed by atoms with Crippen molar-refractivity contribution >= 4 is 17.3 Å². The van der Waals surface area contributed by atoms with Gasteiger partial charge in [-0.05, 0) is 25.1 Å². The van der Waals surface area contributed by atoms with Gasteiger partial charge in [0.15, 0.2) is 0 Å². The SMILES string of the molecule is CC1=NN(c2ccccc2)C(=O)[C@@H]1C=C(C#N)C#N. The summed E-state index contributed by atoms with van der Waals surface area (Å²) in [5, 5.41) is 22.9. The van der Waals surface area contributed by atoms with Crippen LogP contribution in [0.5, 0.6) is 0 Å². The first-order chi connectivity index (χ1) is 9.17. The van der Waals surface area contributed by atoms with Crippen molar-refractivity contribution in [1.82, 2.24) is 0 Å². The minimum absolute atomic E-state index is 0.0807. The van der Waals surface area contributed by atoms with Gasteiger partial charge >= 0.3 is 0 Å². The summed E-state index contributed by atoms with van der Waals surface area (Å²) in [5.41, 5.74) is 1.15. The van der Waals surface area contributed by atoms with Gasteiger partial charge in [-0.25, -0.2) is 0 Å². The van der Waals surface area contributed by atoms with Crippen molar-refractivity contribution in [2.75, 3.05) is 5.01 Å². The van der Waals surface area contributed by atoms with E-state index in [1.807, 2.05) is 18.2 Å². The molecule has 19 heavy (non-hydrogen) atoms. The largest absolute Gasteiger partial charge is 0.271 e. The molecule has 1 heterocycles. The molecule has 1 aliphatic rings. The highest BCUT2D eigenvalue weighted by Gasteiger charge is 2.33. The Morgan fingerprint density at radius 2 is 1.95 bits per heavy atom. The highest BCUT2D eigenvalue weighted by molar-refractivity contribution is 6.16. The molecule has 0 unspecified atom stereocenters. The third kappa shape index (κ3) is 2.36. The average molecular weight is 250 g/mol. The van der Waals surface area contributed by atoms with Crippen LogP contribution in [-0.4, -0.2) is 11.6 Å². The van der Waals surface area contributed by atoms with Crippen LogP contribution < -0.4 is 5.01 Å². The molecule has 0 saturated carbocycles. The van der Waals surface area contributed by atoms with Crippen LogP contribution in [0, 0.1) is 28.6 Å². The highest BCUT2D eigenvalue weighted by atomic mass is 16.2. The maximum absolute atomic E-state index is 12.2. The normalized spacial score (nSPS) is 17.4. The molecule has 1 amide bonds. The Labute approximate surface area is 110 Å². The van der Waals surface area contributed by atoms with Gasteiger partial charge in [-0.1, -0.05) is 18.2 Å². The van der Waals surface area contributed by atoms with Crippen LogP contribution in [0.2, 0.25) is 0 Å². The number of para-hydroxylation sites is 1. The molecule has 0 fully saturated rings. The van der Waals surface area contributed by atoms with Gasteiger partial charge in [0.25, 0.3) is 5.91 Å². The van der Waals surface area contributed by atoms with Crippen molar-refractivity contribution in [1.29, 1.82) is 10.5 Å². The summed E-state index contributed by atoms with van der Waals surface area (Å²) in [6, 6.07) is 12.5. The van der Waals surface area contributed by atoms with E-state index in [0.717, 1.165) is 0 Å². The first-order valence-electron chi connectivity index (χ1n) is 5.63. The Bertz CT molecular complexity index is 630. The third-order valence-electron chi connectivity index (χ3n) is 2.76. The molecular weight excluding hydrogens is 240 g/mol. The average Bonchev–Trinajstić information content (AvgIpc) is 2.73. The van der Waals surface area contributed by atoms with Crippen LogP contribution in [0.15, 0.2) is 47.1 Å². The molecule has 2 rings (SSSR count). The maximum atomic E-state index is 12.2. The van der Waals surface area contributed by atoms with Crippen molar-refractivity contribution in [3.8, 4) is 12.1 Å². The smallest absolute Gasteiger partial charge is 0.260 e. The summed E-state index contributed by atoms with van der Waals surface area (Å²) in [6.07, 6.45) is 1.35. The lowest BCUT2D eigenvalue weighted by atomic mass is 10.0. The van der Waals surface area contributed by atoms with Gasteiger partial charge in [-0.15, -0.1) is 0 Å². The Morgan fingerprint density at radius 1 is 1.32 bits per heavy atom. The van der Waals surface area contributed by atoms with E-state index >= 15 is 0 Å². The number of carbonyl (C=O) groups is 1. The minimum Gasteiger partial charge on any atom is -0.271 e. The zero-order valence-electron chi connectivity index (χ0n) is 10.2. The van der Waals surface area contributed by atoms with Crippen molar-refractivity contribution in [3.63, 3.8) is 0 Å². The molecule has 0 N–H and O–H groups in total. The standard InChI is InChI=1S/C14H10N4O/c1-10-13(7-11(8-15)9-16)14(19)18(17-10)12-5-3-2-4-6-12/h2-7,13H,1H3/t13-/m1/s1. The lowest BCUT2D eigenvalue weighted by Gasteiger charge is -2.12. The topological polar surface area (TPSA) is 80.2 Å². The minimum atomic E-state index is -0.644. The van der Waals surface area contributed by atoms with E-state index in [2.05, 4.69) is 5.10 Å². The molecule has 0 saturated heterocycles. The summed E-state index contributed by atoms with van der Waals surface area (Å²) in [6.45, 7) is 1.70. The molecule has 92 valence electrons. The number of rotatable bonds is 2. The number of nitrogens with zero attached hydrogens (tertiary/aromatic N) is 4. The predicted octanol–water partition coefficient (Wildman–Crippen LogP) is 2.00. The number of hydrazone groups is 1. The molecule has 1 aromatic rings. The van der Waals surface area contributed by atoms with Gasteiger partial charge in [-0.2, -0.15) is 20.6 Å². The van der Waals surface area contributed by atoms with Crippen LogP contribution in [0.3, 0.4) is 0 Å². The summed E-state index contributed by atoms with van der Waals surface area (Å²) in [4.78, 5) is 12.2. The molecule has 0 bridgehead atoms. The molecule has 0 aromatic heterocycles. The molecule has 0 radical (unpaired) electrons. The molecule has 1 aliphatic heterocycles. The number of anilines is 1. The van der Waals surface area contributed by atoms with E-state index in [0.29, 0.717) is 11.4 Å². The van der Waals surface area contributed by atoms with Crippen molar-refractivity contribution in [2.45, 2.75) is 6.92 Å². The van der Waals surface area contributed by atoms with Gasteiger partial charge in [0.1, 0.15) is 23.6 Å². The maximum Gasteiger partial charge on any atom is 0.260 e. The number of benzene rings is 1. The molecule has 0 spiro atoms. The number of hydrogen-bond acceptors (Lipinski definition) is 4. The van der Waals surface area contributed by atoms with E-state index < -0.39 is 5.92 Å². The fraction of sp³-hybridized carbons (Fsp3) is 0.143. The van der Waals surface area contributed by atoms with E-state index in [1.54, 1.807) is 31.2 Å². The van der Waals surface area contributed by atoms with Crippen molar-refractivity contribution in [3.05, 3.63) is 42.0 Å². The van der Waals surface area contributed by atoms with Gasteiger partial charge in [-0.3, -0.25) is 4.79 Å². The van der Waals surface area contributed by atoms with Crippen LogP contribution in [0.1, 0.15) is 6.92 Å². The second kappa shape index (κ2) is 5.16. The van der Waals surface area contributed by atoms with E-state index in [4.69, 9.17) is 10.5 Å². The molecule has 5 heteroatoms. The third-order valence-corrected chi connectivity index (χ3v) is 2.76. The summed E-state index contributed by atoms with van der Waals surface area (Å²) in [5.74, 6) is -0.902. The first-order valence-corrected chi connectivity index (χ1v) is 5.63. The molecule has 0 aliphatic carbocycles. The fourth-order valence-electron chi connectivity index (χ4n) is 1.79. The first kappa shape index (κ1) is 12.5. The van der Waals surface area contributed by atoms with Gasteiger partial charge in [0, 0.05) is 0 Å². The van der Waals surface area contributed by atoms with Gasteiger partial charge in [0.2, 0.25) is 0 Å². The number of hydrogen-bond donors (Lipinski definition) is 0. The zero-order chi connectivity index (χ0) is 13.8. The van der Waals surface area contributed by atoms with Crippen molar-refractivity contribution < 1.29 is 4.79 Å². The second-order valence-corrected chi connectivity index (χ2v) is 4.01. The van der Waals surface area contributed by atoms with Gasteiger partial charge in [0.05, 0.1) is 11.4 Å². The number of amides is 1. The van der Waals surface area contributed by atoms with E-state index in [1.165, 1.54) is 11.1 Å². The monoisotopic (exact) mass is 250 g/mol. The van der Waals surface area contributed by atoms with Crippen LogP contribution in [0.25, 0.3) is 0 Å². The zero-order valence-corrected chi connectivity index (χ0v) is 10.2. The van der Waals surface area contributed by atoms with E-state index in [-0.39, 0.29) is 11.5 Å². The van der Waals surface area contributed by atoms with Gasteiger partial charge < -0.3 is 0 Å². The Morgan fingerprint density at radius 3 is 2.53 bits per heavy atom. The molecular formula is C14H10N4O. The predicted molar refractivity (Wildman–Crippen MR) is 69.8 cm³/mol. The van der Waals surface area contributed by atoms with E-state index in [9.17, 15) is 4.79 Å². The number of carbonyl (C=O) groups excluding carboxylic acids is 1. The van der Waals surface area contributed by atoms with Crippen LogP contribution in [0.4, 0.5) is 5.69 Å². The quantitative estimate of drug-likeness (QED) is 0.753. The lowest BCUT2D eigenvalue weighted by Crippen LogP contribution is -2.26. The Balaban J connectivity index is 2.33. The van der Waals surface area contributed by atoms with Crippen LogP contribution in [-0.2, 0) is 4.79 Å². The lowest BCUT2D eigenvalue weighted by molar-refractivity contribution is -0.118. The summed E-state index contributed by atoms with van der Waals surface area (Å²) < 4.78 is 0. The number of nitriles is 2. The van der Waals surface area contributed by atoms with Crippen LogP contribution >= 0.6 is 0 Å². The second-order valence-electron chi connectivity index (χ2n) is 4.01. The molecule has 1 aromatic carbocycles. The highest BCUT2D eigenvalue weighted by Crippen LogP contribution is 2.24. The Hall–Kier alpha value is -2.92.